The lowest BCUT2D eigenvalue weighted by Crippen LogP contribution is -2.34. The van der Waals surface area contributed by atoms with Crippen LogP contribution in [0, 0.1) is 11.2 Å². The molecule has 1 aromatic carbocycles. The van der Waals surface area contributed by atoms with Gasteiger partial charge in [-0.1, -0.05) is 37.2 Å². The number of fused-ring (bicyclic) bond motifs is 1. The summed E-state index contributed by atoms with van der Waals surface area (Å²) in [4.78, 5) is 17.7. The standard InChI is InChI=1S/C28H26ClF2N3O3/c1-14-9-16(10-22(36-3)24(14)32)27(35)33-12-19(28(31)7-8-28)21-11-18-15(2)13-37-26(18)25(34-21)17-5-4-6-20(30)23(17)29/h4-6,9-11,15,19,32H,1,7-8,12-13H2,2-3H3,(H,33,35). The number of rotatable bonds is 7. The van der Waals surface area contributed by atoms with Gasteiger partial charge in [0, 0.05) is 34.9 Å². The Morgan fingerprint density at radius 2 is 2.16 bits per heavy atom. The summed E-state index contributed by atoms with van der Waals surface area (Å²) in [5.41, 5.74) is 1.19. The van der Waals surface area contributed by atoms with E-state index in [-0.39, 0.29) is 34.5 Å². The molecule has 2 N–H and O–H groups in total. The third kappa shape index (κ3) is 4.55. The first-order valence-corrected chi connectivity index (χ1v) is 12.4. The summed E-state index contributed by atoms with van der Waals surface area (Å²) in [6, 6.07) is 6.28. The molecule has 0 bridgehead atoms. The predicted molar refractivity (Wildman–Crippen MR) is 137 cm³/mol. The molecule has 2 aromatic rings. The van der Waals surface area contributed by atoms with E-state index in [2.05, 4.69) is 11.9 Å². The van der Waals surface area contributed by atoms with Crippen LogP contribution in [0.3, 0.4) is 0 Å². The first-order valence-electron chi connectivity index (χ1n) is 12.0. The average molecular weight is 526 g/mol. The van der Waals surface area contributed by atoms with Crippen LogP contribution in [0.5, 0.6) is 5.75 Å². The van der Waals surface area contributed by atoms with Crippen molar-refractivity contribution >= 4 is 23.2 Å². The molecule has 1 aromatic heterocycles. The monoisotopic (exact) mass is 525 g/mol. The maximum absolute atomic E-state index is 15.7. The molecule has 0 spiro atoms. The molecule has 2 unspecified atom stereocenters. The molecule has 5 rings (SSSR count). The number of benzene rings is 1. The third-order valence-electron chi connectivity index (χ3n) is 7.08. The Hall–Kier alpha value is -3.52. The highest BCUT2D eigenvalue weighted by molar-refractivity contribution is 6.33. The van der Waals surface area contributed by atoms with Gasteiger partial charge in [-0.15, -0.1) is 0 Å². The summed E-state index contributed by atoms with van der Waals surface area (Å²) in [5, 5.41) is 10.7. The first-order chi connectivity index (χ1) is 17.6. The van der Waals surface area contributed by atoms with Crippen LogP contribution in [0.2, 0.25) is 5.02 Å². The van der Waals surface area contributed by atoms with E-state index in [9.17, 15) is 9.18 Å². The van der Waals surface area contributed by atoms with Crippen molar-refractivity contribution in [3.63, 3.8) is 0 Å². The molecule has 192 valence electrons. The number of nitrogens with zero attached hydrogens (tertiary/aromatic N) is 1. The number of pyridine rings is 1. The van der Waals surface area contributed by atoms with Crippen molar-refractivity contribution in [3.8, 4) is 17.0 Å². The number of carbonyl (C=O) groups excluding carboxylic acids is 1. The quantitative estimate of drug-likeness (QED) is 0.479. The van der Waals surface area contributed by atoms with Gasteiger partial charge in [-0.2, -0.15) is 0 Å². The summed E-state index contributed by atoms with van der Waals surface area (Å²) >= 11 is 6.29. The van der Waals surface area contributed by atoms with Gasteiger partial charge < -0.3 is 14.8 Å². The second kappa shape index (κ2) is 9.41. The van der Waals surface area contributed by atoms with Crippen molar-refractivity contribution in [2.45, 2.75) is 37.3 Å². The van der Waals surface area contributed by atoms with E-state index < -0.39 is 23.3 Å². The van der Waals surface area contributed by atoms with Gasteiger partial charge in [0.15, 0.2) is 0 Å². The number of methoxy groups -OCH3 is 1. The van der Waals surface area contributed by atoms with Crippen LogP contribution in [0.25, 0.3) is 11.3 Å². The molecule has 1 amide bonds. The Labute approximate surface area is 218 Å². The first kappa shape index (κ1) is 25.1. The van der Waals surface area contributed by atoms with Crippen molar-refractivity contribution in [2.24, 2.45) is 0 Å². The molecule has 1 aliphatic heterocycles. The van der Waals surface area contributed by atoms with E-state index in [4.69, 9.17) is 31.5 Å². The van der Waals surface area contributed by atoms with Gasteiger partial charge >= 0.3 is 0 Å². The Morgan fingerprint density at radius 3 is 2.86 bits per heavy atom. The van der Waals surface area contributed by atoms with Gasteiger partial charge in [0.1, 0.15) is 34.4 Å². The van der Waals surface area contributed by atoms with E-state index >= 15 is 4.39 Å². The lowest BCUT2D eigenvalue weighted by atomic mass is 9.91. The Balaban J connectivity index is 1.49. The summed E-state index contributed by atoms with van der Waals surface area (Å²) in [6.07, 6.45) is 3.65. The number of halogens is 3. The molecule has 0 radical (unpaired) electrons. The minimum atomic E-state index is -1.53. The zero-order chi connectivity index (χ0) is 26.5. The van der Waals surface area contributed by atoms with Crippen molar-refractivity contribution in [2.75, 3.05) is 20.3 Å². The molecular formula is C28H26ClF2N3O3. The number of hydrogen-bond donors (Lipinski definition) is 2. The smallest absolute Gasteiger partial charge is 0.251 e. The molecule has 0 saturated heterocycles. The van der Waals surface area contributed by atoms with Crippen LogP contribution in [0.15, 0.2) is 59.9 Å². The molecule has 3 aliphatic rings. The largest absolute Gasteiger partial charge is 0.494 e. The lowest BCUT2D eigenvalue weighted by molar-refractivity contribution is -0.117. The number of hydrogen-bond acceptors (Lipinski definition) is 5. The van der Waals surface area contributed by atoms with Gasteiger partial charge in [-0.3, -0.25) is 10.2 Å². The number of alkyl halides is 1. The fourth-order valence-electron chi connectivity index (χ4n) is 4.72. The number of aromatic nitrogens is 1. The molecule has 2 heterocycles. The van der Waals surface area contributed by atoms with Crippen molar-refractivity contribution < 1.29 is 23.0 Å². The molecule has 9 heteroatoms. The second-order valence-corrected chi connectivity index (χ2v) is 10.0. The number of allylic oxidation sites excluding steroid dienone is 2. The maximum atomic E-state index is 15.7. The maximum Gasteiger partial charge on any atom is 0.251 e. The minimum Gasteiger partial charge on any atom is -0.494 e. The van der Waals surface area contributed by atoms with Crippen LogP contribution in [0.4, 0.5) is 8.78 Å². The second-order valence-electron chi connectivity index (χ2n) is 9.64. The normalized spacial score (nSPS) is 20.4. The summed E-state index contributed by atoms with van der Waals surface area (Å²) in [6.45, 7) is 6.19. The Morgan fingerprint density at radius 1 is 1.41 bits per heavy atom. The van der Waals surface area contributed by atoms with Gasteiger partial charge in [0.25, 0.3) is 5.91 Å². The van der Waals surface area contributed by atoms with E-state index in [0.29, 0.717) is 47.7 Å². The lowest BCUT2D eigenvalue weighted by Gasteiger charge is -2.23. The topological polar surface area (TPSA) is 84.3 Å². The van der Waals surface area contributed by atoms with Crippen LogP contribution < -0.4 is 10.1 Å². The molecule has 37 heavy (non-hydrogen) atoms. The fraction of sp³-hybridized carbons (Fsp3) is 0.321. The highest BCUT2D eigenvalue weighted by Gasteiger charge is 2.52. The van der Waals surface area contributed by atoms with Gasteiger partial charge in [-0.25, -0.2) is 13.8 Å². The molecular weight excluding hydrogens is 500 g/mol. The average Bonchev–Trinajstić information content (AvgIpc) is 3.52. The molecule has 2 aliphatic carbocycles. The van der Waals surface area contributed by atoms with Gasteiger partial charge in [-0.05, 0) is 42.7 Å². The minimum absolute atomic E-state index is 0.00982. The third-order valence-corrected chi connectivity index (χ3v) is 7.46. The van der Waals surface area contributed by atoms with Gasteiger partial charge in [0.2, 0.25) is 0 Å². The zero-order valence-electron chi connectivity index (χ0n) is 20.5. The highest BCUT2D eigenvalue weighted by Crippen LogP contribution is 2.52. The predicted octanol–water partition coefficient (Wildman–Crippen LogP) is 5.79. The van der Waals surface area contributed by atoms with Crippen molar-refractivity contribution in [3.05, 3.63) is 82.0 Å². The van der Waals surface area contributed by atoms with Crippen LogP contribution in [-0.4, -0.2) is 42.5 Å². The Kier molecular flexibility index (Phi) is 6.40. The van der Waals surface area contributed by atoms with E-state index in [1.165, 1.54) is 31.4 Å². The van der Waals surface area contributed by atoms with E-state index in [0.717, 1.165) is 5.56 Å². The Bertz CT molecular complexity index is 1400. The SMILES string of the molecule is C=C1C=C(C(=O)NCC(c2cc3c(c(-c4cccc(F)c4Cl)n2)OCC3C)C2(F)CC2)C=C(OC)C1=N. The number of nitrogens with one attached hydrogen (secondary N) is 2. The molecule has 1 saturated carbocycles. The number of ether oxygens (including phenoxy) is 2. The molecule has 1 fully saturated rings. The van der Waals surface area contributed by atoms with Crippen molar-refractivity contribution in [1.82, 2.24) is 10.3 Å². The van der Waals surface area contributed by atoms with Crippen LogP contribution >= 0.6 is 11.6 Å². The fourth-order valence-corrected chi connectivity index (χ4v) is 4.94. The van der Waals surface area contributed by atoms with Crippen LogP contribution in [0.1, 0.15) is 42.9 Å². The molecule has 2 atom stereocenters. The van der Waals surface area contributed by atoms with Gasteiger partial charge in [0.05, 0.1) is 24.7 Å². The highest BCUT2D eigenvalue weighted by atomic mass is 35.5. The number of carbonyl (C=O) groups is 1. The zero-order valence-corrected chi connectivity index (χ0v) is 21.2. The summed E-state index contributed by atoms with van der Waals surface area (Å²) in [5.74, 6) is -0.997. The van der Waals surface area contributed by atoms with Crippen LogP contribution in [-0.2, 0) is 9.53 Å². The number of amides is 1. The van der Waals surface area contributed by atoms with E-state index in [1.54, 1.807) is 6.07 Å². The molecule has 6 nitrogen and oxygen atoms in total. The summed E-state index contributed by atoms with van der Waals surface area (Å²) in [7, 11) is 1.41. The van der Waals surface area contributed by atoms with E-state index in [1.807, 2.05) is 13.0 Å². The summed E-state index contributed by atoms with van der Waals surface area (Å²) < 4.78 is 41.1. The van der Waals surface area contributed by atoms with Crippen molar-refractivity contribution in [1.29, 1.82) is 5.41 Å².